The first-order valence-electron chi connectivity index (χ1n) is 5.01. The van der Waals surface area contributed by atoms with Crippen LogP contribution in [0.1, 0.15) is 18.4 Å². The van der Waals surface area contributed by atoms with Crippen molar-refractivity contribution in [1.82, 2.24) is 4.98 Å². The molecule has 0 amide bonds. The predicted octanol–water partition coefficient (Wildman–Crippen LogP) is 2.36. The van der Waals surface area contributed by atoms with Gasteiger partial charge >= 0.3 is 5.97 Å². The van der Waals surface area contributed by atoms with E-state index in [9.17, 15) is 4.79 Å². The molecule has 0 fully saturated rings. The van der Waals surface area contributed by atoms with Crippen molar-refractivity contribution in [3.63, 3.8) is 0 Å². The number of fused-ring (bicyclic) bond motifs is 1. The van der Waals surface area contributed by atoms with Crippen LogP contribution in [0.25, 0.3) is 10.9 Å². The molecule has 0 saturated carbocycles. The molecule has 0 saturated heterocycles. The van der Waals surface area contributed by atoms with Gasteiger partial charge in [-0.25, -0.2) is 0 Å². The average molecular weight is 219 g/mol. The number of hydrogen-bond donors (Lipinski definition) is 2. The molecule has 1 heterocycles. The molecule has 1 atom stereocenters. The second-order valence-corrected chi connectivity index (χ2v) is 3.72. The van der Waals surface area contributed by atoms with Crippen molar-refractivity contribution in [2.75, 3.05) is 7.11 Å². The van der Waals surface area contributed by atoms with E-state index in [-0.39, 0.29) is 0 Å². The molecule has 4 nitrogen and oxygen atoms in total. The van der Waals surface area contributed by atoms with E-state index in [0.717, 1.165) is 22.2 Å². The lowest BCUT2D eigenvalue weighted by molar-refractivity contribution is -0.138. The first-order valence-corrected chi connectivity index (χ1v) is 5.01. The lowest BCUT2D eigenvalue weighted by Crippen LogP contribution is -2.06. The lowest BCUT2D eigenvalue weighted by Gasteiger charge is -2.05. The summed E-state index contributed by atoms with van der Waals surface area (Å²) in [4.78, 5) is 14.0. The SMILES string of the molecule is COc1ccc2[nH]cc(C(C)C(=O)O)c2c1. The molecule has 0 radical (unpaired) electrons. The minimum atomic E-state index is -0.830. The van der Waals surface area contributed by atoms with Crippen LogP contribution >= 0.6 is 0 Å². The van der Waals surface area contributed by atoms with Crippen molar-refractivity contribution in [2.45, 2.75) is 12.8 Å². The standard InChI is InChI=1S/C12H13NO3/c1-7(12(14)15)10-6-13-11-4-3-8(16-2)5-9(10)11/h3-7,13H,1-2H3,(H,14,15). The number of carboxylic acid groups (broad SMARTS) is 1. The molecule has 1 aromatic carbocycles. The van der Waals surface area contributed by atoms with Gasteiger partial charge in [0.15, 0.2) is 0 Å². The summed E-state index contributed by atoms with van der Waals surface area (Å²) in [5.74, 6) is -0.629. The number of carboxylic acids is 1. The summed E-state index contributed by atoms with van der Waals surface area (Å²) in [6.45, 7) is 1.67. The third-order valence-electron chi connectivity index (χ3n) is 2.76. The number of aromatic nitrogens is 1. The molecule has 0 bridgehead atoms. The van der Waals surface area contributed by atoms with Gasteiger partial charge in [-0.3, -0.25) is 4.79 Å². The first kappa shape index (κ1) is 10.5. The average Bonchev–Trinajstić information content (AvgIpc) is 2.70. The van der Waals surface area contributed by atoms with Crippen molar-refractivity contribution < 1.29 is 14.6 Å². The van der Waals surface area contributed by atoms with Crippen LogP contribution < -0.4 is 4.74 Å². The third kappa shape index (κ3) is 1.62. The van der Waals surface area contributed by atoms with Crippen LogP contribution in [-0.2, 0) is 4.79 Å². The Kier molecular flexibility index (Phi) is 2.56. The highest BCUT2D eigenvalue weighted by atomic mass is 16.5. The molecule has 1 aromatic heterocycles. The largest absolute Gasteiger partial charge is 0.497 e. The number of ether oxygens (including phenoxy) is 1. The smallest absolute Gasteiger partial charge is 0.310 e. The van der Waals surface area contributed by atoms with Gasteiger partial charge in [-0.1, -0.05) is 0 Å². The molecule has 0 aliphatic heterocycles. The highest BCUT2D eigenvalue weighted by molar-refractivity contribution is 5.90. The zero-order chi connectivity index (χ0) is 11.7. The zero-order valence-electron chi connectivity index (χ0n) is 9.15. The van der Waals surface area contributed by atoms with Gasteiger partial charge in [-0.05, 0) is 30.7 Å². The number of rotatable bonds is 3. The number of aromatic amines is 1. The van der Waals surface area contributed by atoms with E-state index in [0.29, 0.717) is 0 Å². The molecule has 2 N–H and O–H groups in total. The van der Waals surface area contributed by atoms with Gasteiger partial charge < -0.3 is 14.8 Å². The molecule has 0 spiro atoms. The molecular formula is C12H13NO3. The Morgan fingerprint density at radius 3 is 2.88 bits per heavy atom. The predicted molar refractivity (Wildman–Crippen MR) is 60.9 cm³/mol. The van der Waals surface area contributed by atoms with Crippen LogP contribution in [0, 0.1) is 0 Å². The number of methoxy groups -OCH3 is 1. The maximum atomic E-state index is 11.0. The van der Waals surface area contributed by atoms with Crippen LogP contribution in [0.4, 0.5) is 0 Å². The molecule has 1 unspecified atom stereocenters. The number of nitrogens with one attached hydrogen (secondary N) is 1. The van der Waals surface area contributed by atoms with Crippen molar-refractivity contribution in [2.24, 2.45) is 0 Å². The van der Waals surface area contributed by atoms with Crippen LogP contribution in [-0.4, -0.2) is 23.2 Å². The Hall–Kier alpha value is -1.97. The minimum Gasteiger partial charge on any atom is -0.497 e. The van der Waals surface area contributed by atoms with Crippen molar-refractivity contribution in [3.05, 3.63) is 30.0 Å². The van der Waals surface area contributed by atoms with Crippen molar-refractivity contribution >= 4 is 16.9 Å². The normalized spacial score (nSPS) is 12.6. The Balaban J connectivity index is 2.57. The summed E-state index contributed by atoms with van der Waals surface area (Å²) >= 11 is 0. The number of H-pyrrole nitrogens is 1. The monoisotopic (exact) mass is 219 g/mol. The second-order valence-electron chi connectivity index (χ2n) is 3.72. The summed E-state index contributed by atoms with van der Waals surface area (Å²) in [6, 6.07) is 5.57. The van der Waals surface area contributed by atoms with Gasteiger partial charge in [0, 0.05) is 17.1 Å². The van der Waals surface area contributed by atoms with Gasteiger partial charge in [0.1, 0.15) is 5.75 Å². The summed E-state index contributed by atoms with van der Waals surface area (Å²) in [7, 11) is 1.59. The number of carbonyl (C=O) groups is 1. The van der Waals surface area contributed by atoms with Gasteiger partial charge in [0.05, 0.1) is 13.0 Å². The Morgan fingerprint density at radius 1 is 1.50 bits per heavy atom. The van der Waals surface area contributed by atoms with Crippen molar-refractivity contribution in [3.8, 4) is 5.75 Å². The molecule has 0 aliphatic rings. The van der Waals surface area contributed by atoms with E-state index in [1.165, 1.54) is 0 Å². The molecule has 2 aromatic rings. The van der Waals surface area contributed by atoms with E-state index < -0.39 is 11.9 Å². The van der Waals surface area contributed by atoms with Crippen LogP contribution in [0.5, 0.6) is 5.75 Å². The highest BCUT2D eigenvalue weighted by Gasteiger charge is 2.17. The Bertz CT molecular complexity index is 530. The number of hydrogen-bond acceptors (Lipinski definition) is 2. The fourth-order valence-corrected chi connectivity index (χ4v) is 1.74. The molecule has 2 rings (SSSR count). The molecule has 0 aliphatic carbocycles. The Labute approximate surface area is 92.9 Å². The van der Waals surface area contributed by atoms with Gasteiger partial charge in [-0.15, -0.1) is 0 Å². The summed E-state index contributed by atoms with van der Waals surface area (Å²) in [6.07, 6.45) is 1.74. The third-order valence-corrected chi connectivity index (χ3v) is 2.76. The maximum absolute atomic E-state index is 11.0. The quantitative estimate of drug-likeness (QED) is 0.833. The topological polar surface area (TPSA) is 62.3 Å². The van der Waals surface area contributed by atoms with E-state index in [4.69, 9.17) is 9.84 Å². The van der Waals surface area contributed by atoms with Crippen LogP contribution in [0.3, 0.4) is 0 Å². The van der Waals surface area contributed by atoms with E-state index in [1.54, 1.807) is 20.2 Å². The fourth-order valence-electron chi connectivity index (χ4n) is 1.74. The lowest BCUT2D eigenvalue weighted by atomic mass is 10.0. The highest BCUT2D eigenvalue weighted by Crippen LogP contribution is 2.28. The van der Waals surface area contributed by atoms with Gasteiger partial charge in [-0.2, -0.15) is 0 Å². The van der Waals surface area contributed by atoms with Crippen LogP contribution in [0.15, 0.2) is 24.4 Å². The zero-order valence-corrected chi connectivity index (χ0v) is 9.15. The molecular weight excluding hydrogens is 206 g/mol. The molecule has 84 valence electrons. The fraction of sp³-hybridized carbons (Fsp3) is 0.250. The second kappa shape index (κ2) is 3.89. The van der Waals surface area contributed by atoms with Crippen molar-refractivity contribution in [1.29, 1.82) is 0 Å². The maximum Gasteiger partial charge on any atom is 0.310 e. The number of aliphatic carboxylic acids is 1. The van der Waals surface area contributed by atoms with E-state index >= 15 is 0 Å². The number of benzene rings is 1. The summed E-state index contributed by atoms with van der Waals surface area (Å²) < 4.78 is 5.13. The van der Waals surface area contributed by atoms with E-state index in [1.807, 2.05) is 18.2 Å². The summed E-state index contributed by atoms with van der Waals surface area (Å²) in [5, 5.41) is 9.89. The van der Waals surface area contributed by atoms with Crippen LogP contribution in [0.2, 0.25) is 0 Å². The first-order chi connectivity index (χ1) is 7.63. The molecule has 16 heavy (non-hydrogen) atoms. The van der Waals surface area contributed by atoms with Gasteiger partial charge in [0.25, 0.3) is 0 Å². The summed E-state index contributed by atoms with van der Waals surface area (Å²) in [5.41, 5.74) is 1.70. The van der Waals surface area contributed by atoms with E-state index in [2.05, 4.69) is 4.98 Å². The Morgan fingerprint density at radius 2 is 2.25 bits per heavy atom. The van der Waals surface area contributed by atoms with Gasteiger partial charge in [0.2, 0.25) is 0 Å². The molecule has 4 heteroatoms. The minimum absolute atomic E-state index is 0.527.